The van der Waals surface area contributed by atoms with Crippen LogP contribution in [0.4, 0.5) is 5.82 Å². The molecule has 122 valence electrons. The van der Waals surface area contributed by atoms with E-state index in [0.29, 0.717) is 12.2 Å². The minimum absolute atomic E-state index is 0.00398. The van der Waals surface area contributed by atoms with Crippen molar-refractivity contribution in [2.45, 2.75) is 32.2 Å². The smallest absolute Gasteiger partial charge is 0.271 e. The predicted octanol–water partition coefficient (Wildman–Crippen LogP) is 0.630. The molecule has 1 aromatic heterocycles. The molecule has 22 heavy (non-hydrogen) atoms. The number of unbranched alkanes of at least 4 members (excludes halogenated alkanes) is 1. The number of carbonyl (C=O) groups excluding carboxylic acids is 1. The summed E-state index contributed by atoms with van der Waals surface area (Å²) in [7, 11) is -1.07. The Balaban J connectivity index is 1.94. The van der Waals surface area contributed by atoms with Crippen LogP contribution in [0.2, 0.25) is 0 Å². The van der Waals surface area contributed by atoms with E-state index in [2.05, 4.69) is 22.2 Å². The first kappa shape index (κ1) is 16.7. The van der Waals surface area contributed by atoms with E-state index in [1.54, 1.807) is 6.20 Å². The van der Waals surface area contributed by atoms with Crippen molar-refractivity contribution in [1.82, 2.24) is 15.3 Å². The summed E-state index contributed by atoms with van der Waals surface area (Å²) in [4.78, 5) is 22.4. The molecule has 2 heterocycles. The molecule has 1 fully saturated rings. The summed E-state index contributed by atoms with van der Waals surface area (Å²) in [6, 6.07) is -0.328. The number of nitrogens with zero attached hydrogens (tertiary/aromatic N) is 3. The predicted molar refractivity (Wildman–Crippen MR) is 84.7 cm³/mol. The molecule has 1 N–H and O–H groups in total. The van der Waals surface area contributed by atoms with Crippen molar-refractivity contribution in [3.05, 3.63) is 18.1 Å². The Morgan fingerprint density at radius 2 is 2.18 bits per heavy atom. The van der Waals surface area contributed by atoms with Gasteiger partial charge in [0, 0.05) is 19.6 Å². The number of aromatic nitrogens is 2. The third-order valence-electron chi connectivity index (χ3n) is 3.68. The molecule has 0 bridgehead atoms. The molecule has 1 unspecified atom stereocenters. The lowest BCUT2D eigenvalue weighted by atomic mass is 10.2. The molecule has 0 spiro atoms. The molecule has 0 radical (unpaired) electrons. The second-order valence-electron chi connectivity index (χ2n) is 5.61. The summed E-state index contributed by atoms with van der Waals surface area (Å²) >= 11 is 0. The number of anilines is 1. The molecular weight excluding hydrogens is 304 g/mol. The molecule has 1 saturated heterocycles. The average molecular weight is 326 g/mol. The fourth-order valence-corrected chi connectivity index (χ4v) is 3.99. The van der Waals surface area contributed by atoms with E-state index in [-0.39, 0.29) is 29.1 Å². The minimum atomic E-state index is -3.01. The number of sulfone groups is 1. The van der Waals surface area contributed by atoms with Gasteiger partial charge in [0.2, 0.25) is 0 Å². The first-order valence-electron chi connectivity index (χ1n) is 7.46. The summed E-state index contributed by atoms with van der Waals surface area (Å²) in [6.45, 7) is 3.01. The normalized spacial score (nSPS) is 19.8. The molecule has 1 atom stereocenters. The van der Waals surface area contributed by atoms with Gasteiger partial charge in [-0.25, -0.2) is 18.4 Å². The van der Waals surface area contributed by atoms with Crippen molar-refractivity contribution >= 4 is 21.6 Å². The summed E-state index contributed by atoms with van der Waals surface area (Å²) in [5, 5.41) is 2.70. The molecule has 0 aliphatic carbocycles. The number of hydrogen-bond donors (Lipinski definition) is 1. The molecule has 0 aromatic carbocycles. The molecular formula is C14H22N4O3S. The maximum atomic E-state index is 12.0. The summed E-state index contributed by atoms with van der Waals surface area (Å²) in [5.74, 6) is 0.472. The zero-order valence-corrected chi connectivity index (χ0v) is 13.8. The fraction of sp³-hybridized carbons (Fsp3) is 0.643. The van der Waals surface area contributed by atoms with Gasteiger partial charge in [-0.1, -0.05) is 13.3 Å². The fourth-order valence-electron chi connectivity index (χ4n) is 2.31. The number of carbonyl (C=O) groups is 1. The minimum Gasteiger partial charge on any atom is -0.358 e. The van der Waals surface area contributed by atoms with Gasteiger partial charge < -0.3 is 10.2 Å². The van der Waals surface area contributed by atoms with E-state index >= 15 is 0 Å². The van der Waals surface area contributed by atoms with Gasteiger partial charge in [0.15, 0.2) is 9.84 Å². The Labute approximate surface area is 131 Å². The first-order valence-corrected chi connectivity index (χ1v) is 9.28. The lowest BCUT2D eigenvalue weighted by Crippen LogP contribution is -2.36. The summed E-state index contributed by atoms with van der Waals surface area (Å²) in [6.07, 6.45) is 5.62. The molecule has 1 aliphatic heterocycles. The van der Waals surface area contributed by atoms with Crippen LogP contribution in [0.15, 0.2) is 12.4 Å². The largest absolute Gasteiger partial charge is 0.358 e. The lowest BCUT2D eigenvalue weighted by Gasteiger charge is -2.17. The van der Waals surface area contributed by atoms with Crippen LogP contribution in [0.25, 0.3) is 0 Å². The third kappa shape index (κ3) is 4.40. The topological polar surface area (TPSA) is 92.3 Å². The Kier molecular flexibility index (Phi) is 5.33. The molecule has 1 aliphatic rings. The Bertz CT molecular complexity index is 615. The van der Waals surface area contributed by atoms with Crippen LogP contribution >= 0.6 is 0 Å². The van der Waals surface area contributed by atoms with Gasteiger partial charge >= 0.3 is 0 Å². The van der Waals surface area contributed by atoms with Gasteiger partial charge in [-0.15, -0.1) is 0 Å². The quantitative estimate of drug-likeness (QED) is 0.824. The first-order chi connectivity index (χ1) is 10.4. The van der Waals surface area contributed by atoms with Crippen LogP contribution in [0, 0.1) is 0 Å². The number of rotatable bonds is 6. The molecule has 7 nitrogen and oxygen atoms in total. The van der Waals surface area contributed by atoms with Gasteiger partial charge in [-0.3, -0.25) is 4.79 Å². The van der Waals surface area contributed by atoms with Crippen molar-refractivity contribution < 1.29 is 13.2 Å². The van der Waals surface area contributed by atoms with E-state index in [0.717, 1.165) is 19.4 Å². The van der Waals surface area contributed by atoms with Crippen LogP contribution in [-0.2, 0) is 9.84 Å². The third-order valence-corrected chi connectivity index (χ3v) is 5.44. The van der Waals surface area contributed by atoms with Crippen LogP contribution < -0.4 is 10.2 Å². The SMILES string of the molecule is CCCCN(C)c1cnc(C(=O)NC2CCS(=O)(=O)C2)cn1. The van der Waals surface area contributed by atoms with Gasteiger partial charge in [0.25, 0.3) is 5.91 Å². The summed E-state index contributed by atoms with van der Waals surface area (Å²) in [5.41, 5.74) is 0.205. The van der Waals surface area contributed by atoms with Crippen LogP contribution in [-0.4, -0.2) is 55.4 Å². The monoisotopic (exact) mass is 326 g/mol. The van der Waals surface area contributed by atoms with Crippen molar-refractivity contribution in [2.24, 2.45) is 0 Å². The molecule has 2 rings (SSSR count). The molecule has 1 amide bonds. The second-order valence-corrected chi connectivity index (χ2v) is 7.84. The van der Waals surface area contributed by atoms with E-state index in [1.165, 1.54) is 6.20 Å². The maximum Gasteiger partial charge on any atom is 0.271 e. The van der Waals surface area contributed by atoms with E-state index < -0.39 is 9.84 Å². The van der Waals surface area contributed by atoms with E-state index in [4.69, 9.17) is 0 Å². The molecule has 1 aromatic rings. The number of hydrogen-bond acceptors (Lipinski definition) is 6. The zero-order valence-electron chi connectivity index (χ0n) is 12.9. The molecule has 0 saturated carbocycles. The molecule has 8 heteroatoms. The van der Waals surface area contributed by atoms with Crippen molar-refractivity contribution in [1.29, 1.82) is 0 Å². The second kappa shape index (κ2) is 7.04. The van der Waals surface area contributed by atoms with Crippen LogP contribution in [0.3, 0.4) is 0 Å². The van der Waals surface area contributed by atoms with Crippen molar-refractivity contribution in [2.75, 3.05) is 30.0 Å². The highest BCUT2D eigenvalue weighted by Gasteiger charge is 2.29. The van der Waals surface area contributed by atoms with Crippen LogP contribution in [0.1, 0.15) is 36.7 Å². The highest BCUT2D eigenvalue weighted by Crippen LogP contribution is 2.12. The lowest BCUT2D eigenvalue weighted by molar-refractivity contribution is 0.0935. The van der Waals surface area contributed by atoms with Crippen molar-refractivity contribution in [3.63, 3.8) is 0 Å². The van der Waals surface area contributed by atoms with Gasteiger partial charge in [0.05, 0.1) is 23.9 Å². The maximum absolute atomic E-state index is 12.0. The van der Waals surface area contributed by atoms with Crippen LogP contribution in [0.5, 0.6) is 0 Å². The Morgan fingerprint density at radius 1 is 1.41 bits per heavy atom. The zero-order chi connectivity index (χ0) is 16.2. The van der Waals surface area contributed by atoms with Crippen molar-refractivity contribution in [3.8, 4) is 0 Å². The van der Waals surface area contributed by atoms with Gasteiger partial charge in [0.1, 0.15) is 11.5 Å². The standard InChI is InChI=1S/C14H22N4O3S/c1-3-4-6-18(2)13-9-15-12(8-16-13)14(19)17-11-5-7-22(20,21)10-11/h8-9,11H,3-7,10H2,1-2H3,(H,17,19). The highest BCUT2D eigenvalue weighted by molar-refractivity contribution is 7.91. The Morgan fingerprint density at radius 3 is 2.73 bits per heavy atom. The van der Waals surface area contributed by atoms with E-state index in [9.17, 15) is 13.2 Å². The Hall–Kier alpha value is -1.70. The highest BCUT2D eigenvalue weighted by atomic mass is 32.2. The number of nitrogens with one attached hydrogen (secondary N) is 1. The van der Waals surface area contributed by atoms with Gasteiger partial charge in [-0.05, 0) is 12.8 Å². The average Bonchev–Trinajstić information content (AvgIpc) is 2.83. The van der Waals surface area contributed by atoms with Gasteiger partial charge in [-0.2, -0.15) is 0 Å². The number of amides is 1. The van der Waals surface area contributed by atoms with E-state index in [1.807, 2.05) is 11.9 Å². The summed E-state index contributed by atoms with van der Waals surface area (Å²) < 4.78 is 22.8.